The molecular weight excluding hydrogens is 430 g/mol. The van der Waals surface area contributed by atoms with E-state index in [1.807, 2.05) is 48.5 Å². The van der Waals surface area contributed by atoms with Gasteiger partial charge in [-0.1, -0.05) is 12.1 Å². The van der Waals surface area contributed by atoms with Crippen LogP contribution in [0.3, 0.4) is 0 Å². The summed E-state index contributed by atoms with van der Waals surface area (Å²) < 4.78 is 10.7. The molecule has 0 aliphatic heterocycles. The van der Waals surface area contributed by atoms with Crippen LogP contribution >= 0.6 is 0 Å². The molecule has 6 rings (SSSR count). The Morgan fingerprint density at radius 1 is 0.853 bits per heavy atom. The Morgan fingerprint density at radius 3 is 2.62 bits per heavy atom. The molecule has 2 N–H and O–H groups in total. The second-order valence-electron chi connectivity index (χ2n) is 7.65. The predicted molar refractivity (Wildman–Crippen MR) is 129 cm³/mol. The van der Waals surface area contributed by atoms with Gasteiger partial charge in [0.15, 0.2) is 17.2 Å². The van der Waals surface area contributed by atoms with E-state index in [9.17, 15) is 0 Å². The van der Waals surface area contributed by atoms with Crippen molar-refractivity contribution in [1.82, 2.24) is 35.1 Å². The first-order valence-corrected chi connectivity index (χ1v) is 10.6. The monoisotopic (exact) mass is 449 g/mol. The van der Waals surface area contributed by atoms with Crippen molar-refractivity contribution in [2.24, 2.45) is 0 Å². The predicted octanol–water partition coefficient (Wildman–Crippen LogP) is 4.64. The quantitative estimate of drug-likeness (QED) is 0.394. The third kappa shape index (κ3) is 3.30. The lowest BCUT2D eigenvalue weighted by molar-refractivity contribution is 0.413. The maximum absolute atomic E-state index is 5.39. The van der Waals surface area contributed by atoms with Crippen LogP contribution in [0.15, 0.2) is 67.1 Å². The number of hydrogen-bond donors (Lipinski definition) is 2. The number of hydrogen-bond acceptors (Lipinski definition) is 7. The van der Waals surface area contributed by atoms with Gasteiger partial charge in [0.25, 0.3) is 0 Å². The molecular formula is C25H19N7O2. The van der Waals surface area contributed by atoms with E-state index in [0.29, 0.717) is 28.4 Å². The molecule has 5 heterocycles. The summed E-state index contributed by atoms with van der Waals surface area (Å²) >= 11 is 0. The van der Waals surface area contributed by atoms with Gasteiger partial charge in [0, 0.05) is 23.5 Å². The van der Waals surface area contributed by atoms with Crippen LogP contribution in [0.2, 0.25) is 0 Å². The average molecular weight is 449 g/mol. The summed E-state index contributed by atoms with van der Waals surface area (Å²) in [5.41, 5.74) is 7.10. The molecule has 0 radical (unpaired) electrons. The minimum absolute atomic E-state index is 0.581. The maximum atomic E-state index is 5.39. The zero-order chi connectivity index (χ0) is 23.1. The van der Waals surface area contributed by atoms with Gasteiger partial charge in [0.1, 0.15) is 17.0 Å². The number of imidazole rings is 1. The van der Waals surface area contributed by atoms with Crippen molar-refractivity contribution in [2.75, 3.05) is 14.2 Å². The molecule has 9 heteroatoms. The highest BCUT2D eigenvalue weighted by molar-refractivity contribution is 5.95. The van der Waals surface area contributed by atoms with E-state index in [2.05, 4.69) is 25.1 Å². The van der Waals surface area contributed by atoms with Crippen LogP contribution in [0, 0.1) is 0 Å². The number of aromatic amines is 2. The fourth-order valence-electron chi connectivity index (χ4n) is 3.95. The van der Waals surface area contributed by atoms with Crippen LogP contribution in [-0.2, 0) is 0 Å². The second-order valence-corrected chi connectivity index (χ2v) is 7.65. The van der Waals surface area contributed by atoms with Gasteiger partial charge in [0.05, 0.1) is 37.1 Å². The smallest absolute Gasteiger partial charge is 0.178 e. The highest BCUT2D eigenvalue weighted by Crippen LogP contribution is 2.32. The molecule has 9 nitrogen and oxygen atoms in total. The summed E-state index contributed by atoms with van der Waals surface area (Å²) in [6.07, 6.45) is 5.16. The summed E-state index contributed by atoms with van der Waals surface area (Å²) in [6, 6.07) is 15.6. The number of methoxy groups -OCH3 is 2. The lowest BCUT2D eigenvalue weighted by Gasteiger charge is -2.05. The van der Waals surface area contributed by atoms with Crippen LogP contribution in [0.25, 0.3) is 56.1 Å². The van der Waals surface area contributed by atoms with E-state index in [1.165, 1.54) is 0 Å². The molecule has 5 aromatic heterocycles. The summed E-state index contributed by atoms with van der Waals surface area (Å²) in [6.45, 7) is 0. The highest BCUT2D eigenvalue weighted by Gasteiger charge is 2.17. The Morgan fingerprint density at radius 2 is 1.74 bits per heavy atom. The van der Waals surface area contributed by atoms with Gasteiger partial charge in [-0.3, -0.25) is 10.1 Å². The Hall–Kier alpha value is -4.79. The Bertz CT molecular complexity index is 1650. The van der Waals surface area contributed by atoms with E-state index in [0.717, 1.165) is 39.2 Å². The zero-order valence-electron chi connectivity index (χ0n) is 18.4. The minimum atomic E-state index is 0.581. The SMILES string of the molecule is COc1cncc(-c2ccc3[nH]nc(-c4nc5nccc(-c6cccc(OC)c6)c5[nH]4)c3n2)c1. The fraction of sp³-hybridized carbons (Fsp3) is 0.0800. The van der Waals surface area contributed by atoms with Gasteiger partial charge in [-0.15, -0.1) is 0 Å². The van der Waals surface area contributed by atoms with Crippen LogP contribution < -0.4 is 9.47 Å². The Kier molecular flexibility index (Phi) is 4.65. The molecule has 0 atom stereocenters. The standard InChI is InChI=1S/C25H19N7O2/c1-33-16-5-3-4-14(10-16)18-8-9-27-24-21(18)29-25(30-24)23-22-20(31-32-23)7-6-19(28-22)15-11-17(34-2)13-26-12-15/h3-13H,1-2H3,(H,31,32)(H,27,29,30). The topological polar surface area (TPSA) is 114 Å². The van der Waals surface area contributed by atoms with Crippen LogP contribution in [-0.4, -0.2) is 49.3 Å². The number of nitrogens with one attached hydrogen (secondary N) is 2. The number of rotatable bonds is 5. The van der Waals surface area contributed by atoms with E-state index >= 15 is 0 Å². The number of nitrogens with zero attached hydrogens (tertiary/aromatic N) is 5. The lowest BCUT2D eigenvalue weighted by atomic mass is 10.1. The van der Waals surface area contributed by atoms with Crippen LogP contribution in [0.4, 0.5) is 0 Å². The molecule has 0 spiro atoms. The largest absolute Gasteiger partial charge is 0.497 e. The van der Waals surface area contributed by atoms with Crippen molar-refractivity contribution in [2.45, 2.75) is 0 Å². The fourth-order valence-corrected chi connectivity index (χ4v) is 3.95. The molecule has 0 unspecified atom stereocenters. The summed E-state index contributed by atoms with van der Waals surface area (Å²) in [4.78, 5) is 21.6. The Balaban J connectivity index is 1.48. The number of ether oxygens (including phenoxy) is 2. The molecule has 34 heavy (non-hydrogen) atoms. The first-order valence-electron chi connectivity index (χ1n) is 10.6. The third-order valence-electron chi connectivity index (χ3n) is 5.65. The number of fused-ring (bicyclic) bond motifs is 2. The molecule has 166 valence electrons. The van der Waals surface area contributed by atoms with Crippen molar-refractivity contribution in [3.8, 4) is 45.4 Å². The van der Waals surface area contributed by atoms with Gasteiger partial charge < -0.3 is 14.5 Å². The molecule has 0 fully saturated rings. The number of H-pyrrole nitrogens is 2. The number of pyridine rings is 3. The summed E-state index contributed by atoms with van der Waals surface area (Å²) in [5, 5.41) is 7.53. The number of aromatic nitrogens is 7. The Labute approximate surface area is 193 Å². The first kappa shape index (κ1) is 19.9. The third-order valence-corrected chi connectivity index (χ3v) is 5.65. The van der Waals surface area contributed by atoms with Gasteiger partial charge in [-0.2, -0.15) is 5.10 Å². The van der Waals surface area contributed by atoms with Gasteiger partial charge in [0.2, 0.25) is 0 Å². The first-order chi connectivity index (χ1) is 16.7. The van der Waals surface area contributed by atoms with Crippen LogP contribution in [0.1, 0.15) is 0 Å². The maximum Gasteiger partial charge on any atom is 0.178 e. The normalized spacial score (nSPS) is 11.2. The molecule has 0 aliphatic rings. The van der Waals surface area contributed by atoms with E-state index in [-0.39, 0.29) is 0 Å². The molecule has 0 saturated carbocycles. The van der Waals surface area contributed by atoms with Gasteiger partial charge in [-0.25, -0.2) is 15.0 Å². The van der Waals surface area contributed by atoms with Gasteiger partial charge >= 0.3 is 0 Å². The highest BCUT2D eigenvalue weighted by atomic mass is 16.5. The lowest BCUT2D eigenvalue weighted by Crippen LogP contribution is -1.89. The van der Waals surface area contributed by atoms with Gasteiger partial charge in [-0.05, 0) is 42.0 Å². The second kappa shape index (κ2) is 7.96. The van der Waals surface area contributed by atoms with Crippen molar-refractivity contribution in [1.29, 1.82) is 0 Å². The van der Waals surface area contributed by atoms with Crippen molar-refractivity contribution < 1.29 is 9.47 Å². The molecule has 0 amide bonds. The summed E-state index contributed by atoms with van der Waals surface area (Å²) in [7, 11) is 3.27. The molecule has 0 aliphatic carbocycles. The van der Waals surface area contributed by atoms with Crippen LogP contribution in [0.5, 0.6) is 11.5 Å². The molecule has 0 bridgehead atoms. The van der Waals surface area contributed by atoms with E-state index < -0.39 is 0 Å². The van der Waals surface area contributed by atoms with E-state index in [4.69, 9.17) is 19.4 Å². The minimum Gasteiger partial charge on any atom is -0.497 e. The summed E-state index contributed by atoms with van der Waals surface area (Å²) in [5.74, 6) is 2.03. The average Bonchev–Trinajstić information content (AvgIpc) is 3.52. The number of benzene rings is 1. The molecule has 6 aromatic rings. The van der Waals surface area contributed by atoms with Crippen molar-refractivity contribution >= 4 is 22.2 Å². The zero-order valence-corrected chi connectivity index (χ0v) is 18.4. The van der Waals surface area contributed by atoms with E-state index in [1.54, 1.807) is 32.8 Å². The van der Waals surface area contributed by atoms with Crippen molar-refractivity contribution in [3.05, 3.63) is 67.1 Å². The molecule has 0 saturated heterocycles. The molecule has 1 aromatic carbocycles. The van der Waals surface area contributed by atoms with Crippen molar-refractivity contribution in [3.63, 3.8) is 0 Å².